The van der Waals surface area contributed by atoms with Crippen LogP contribution in [0, 0.1) is 0 Å². The van der Waals surface area contributed by atoms with E-state index < -0.39 is 6.10 Å². The van der Waals surface area contributed by atoms with Crippen LogP contribution in [0.2, 0.25) is 0 Å². The predicted octanol–water partition coefficient (Wildman–Crippen LogP) is -0.160. The standard InChI is InChI=1S/C10H21NO3/c1-10(14-2)4-3-5-11(8-10)6-9(13)7-12/h9,12-13H,3-8H2,1-2H3. The van der Waals surface area contributed by atoms with Gasteiger partial charge in [0.05, 0.1) is 18.3 Å². The molecule has 0 aliphatic carbocycles. The zero-order valence-corrected chi connectivity index (χ0v) is 9.07. The first-order valence-electron chi connectivity index (χ1n) is 5.16. The summed E-state index contributed by atoms with van der Waals surface area (Å²) in [6, 6.07) is 0. The highest BCUT2D eigenvalue weighted by Gasteiger charge is 2.31. The third kappa shape index (κ3) is 3.20. The fourth-order valence-electron chi connectivity index (χ4n) is 1.99. The lowest BCUT2D eigenvalue weighted by atomic mass is 9.94. The normalized spacial score (nSPS) is 31.7. The van der Waals surface area contributed by atoms with Gasteiger partial charge in [-0.25, -0.2) is 0 Å². The number of likely N-dealkylation sites (tertiary alicyclic amines) is 1. The van der Waals surface area contributed by atoms with E-state index in [1.807, 2.05) is 0 Å². The Balaban J connectivity index is 2.40. The molecule has 0 saturated carbocycles. The molecule has 0 radical (unpaired) electrons. The van der Waals surface area contributed by atoms with Crippen LogP contribution in [0.4, 0.5) is 0 Å². The molecule has 0 spiro atoms. The summed E-state index contributed by atoms with van der Waals surface area (Å²) in [6.45, 7) is 4.27. The molecule has 0 aromatic rings. The second kappa shape index (κ2) is 5.07. The molecule has 0 aromatic carbocycles. The van der Waals surface area contributed by atoms with Gasteiger partial charge in [-0.05, 0) is 26.3 Å². The summed E-state index contributed by atoms with van der Waals surface area (Å²) in [5.74, 6) is 0. The van der Waals surface area contributed by atoms with Crippen LogP contribution in [-0.2, 0) is 4.74 Å². The fraction of sp³-hybridized carbons (Fsp3) is 1.00. The van der Waals surface area contributed by atoms with Crippen molar-refractivity contribution in [3.63, 3.8) is 0 Å². The largest absolute Gasteiger partial charge is 0.394 e. The molecule has 4 nitrogen and oxygen atoms in total. The van der Waals surface area contributed by atoms with Gasteiger partial charge in [-0.1, -0.05) is 0 Å². The van der Waals surface area contributed by atoms with Gasteiger partial charge in [-0.2, -0.15) is 0 Å². The van der Waals surface area contributed by atoms with Gasteiger partial charge < -0.3 is 14.9 Å². The van der Waals surface area contributed by atoms with Crippen molar-refractivity contribution in [2.45, 2.75) is 31.5 Å². The van der Waals surface area contributed by atoms with Crippen LogP contribution >= 0.6 is 0 Å². The third-order valence-corrected chi connectivity index (χ3v) is 2.91. The molecule has 2 unspecified atom stereocenters. The summed E-state index contributed by atoms with van der Waals surface area (Å²) in [6.07, 6.45) is 1.52. The number of hydrogen-bond donors (Lipinski definition) is 2. The van der Waals surface area contributed by atoms with Gasteiger partial charge in [0.15, 0.2) is 0 Å². The molecule has 1 heterocycles. The topological polar surface area (TPSA) is 52.9 Å². The molecule has 4 heteroatoms. The van der Waals surface area contributed by atoms with Gasteiger partial charge in [0, 0.05) is 20.2 Å². The average Bonchev–Trinajstić information content (AvgIpc) is 2.18. The van der Waals surface area contributed by atoms with Gasteiger partial charge >= 0.3 is 0 Å². The number of β-amino-alcohol motifs (C(OH)–C–C–N with tert-alkyl or cyclic N) is 1. The fourth-order valence-corrected chi connectivity index (χ4v) is 1.99. The molecular formula is C10H21NO3. The van der Waals surface area contributed by atoms with Crippen LogP contribution < -0.4 is 0 Å². The van der Waals surface area contributed by atoms with Gasteiger partial charge in [0.2, 0.25) is 0 Å². The Hall–Kier alpha value is -0.160. The second-order valence-corrected chi connectivity index (χ2v) is 4.33. The van der Waals surface area contributed by atoms with E-state index in [-0.39, 0.29) is 12.2 Å². The van der Waals surface area contributed by atoms with Gasteiger partial charge in [-0.15, -0.1) is 0 Å². The minimum atomic E-state index is -0.630. The quantitative estimate of drug-likeness (QED) is 0.666. The van der Waals surface area contributed by atoms with Crippen LogP contribution in [-0.4, -0.2) is 60.2 Å². The molecule has 1 aliphatic heterocycles. The molecular weight excluding hydrogens is 182 g/mol. The van der Waals surface area contributed by atoms with Crippen LogP contribution in [0.3, 0.4) is 0 Å². The summed E-state index contributed by atoms with van der Waals surface area (Å²) in [4.78, 5) is 2.15. The van der Waals surface area contributed by atoms with Crippen LogP contribution in [0.15, 0.2) is 0 Å². The molecule has 2 N–H and O–H groups in total. The molecule has 84 valence electrons. The van der Waals surface area contributed by atoms with Crippen LogP contribution in [0.5, 0.6) is 0 Å². The number of nitrogens with zero attached hydrogens (tertiary/aromatic N) is 1. The smallest absolute Gasteiger partial charge is 0.0897 e. The maximum Gasteiger partial charge on any atom is 0.0897 e. The zero-order chi connectivity index (χ0) is 10.6. The Morgan fingerprint density at radius 2 is 2.29 bits per heavy atom. The molecule has 1 rings (SSSR count). The van der Waals surface area contributed by atoms with E-state index >= 15 is 0 Å². The highest BCUT2D eigenvalue weighted by molar-refractivity contribution is 4.85. The predicted molar refractivity (Wildman–Crippen MR) is 54.2 cm³/mol. The van der Waals surface area contributed by atoms with Crippen molar-refractivity contribution >= 4 is 0 Å². The van der Waals surface area contributed by atoms with Crippen LogP contribution in [0.1, 0.15) is 19.8 Å². The molecule has 0 bridgehead atoms. The van der Waals surface area contributed by atoms with E-state index in [9.17, 15) is 5.11 Å². The second-order valence-electron chi connectivity index (χ2n) is 4.33. The Morgan fingerprint density at radius 1 is 1.57 bits per heavy atom. The number of methoxy groups -OCH3 is 1. The number of ether oxygens (including phenoxy) is 1. The van der Waals surface area contributed by atoms with E-state index in [2.05, 4.69) is 11.8 Å². The lowest BCUT2D eigenvalue weighted by Crippen LogP contribution is -2.49. The monoisotopic (exact) mass is 203 g/mol. The van der Waals surface area contributed by atoms with Gasteiger partial charge in [-0.3, -0.25) is 4.90 Å². The lowest BCUT2D eigenvalue weighted by Gasteiger charge is -2.40. The van der Waals surface area contributed by atoms with Gasteiger partial charge in [0.1, 0.15) is 0 Å². The molecule has 1 saturated heterocycles. The molecule has 1 aliphatic rings. The van der Waals surface area contributed by atoms with E-state index in [0.29, 0.717) is 6.54 Å². The van der Waals surface area contributed by atoms with Crippen molar-refractivity contribution in [3.8, 4) is 0 Å². The maximum absolute atomic E-state index is 9.32. The zero-order valence-electron chi connectivity index (χ0n) is 9.07. The maximum atomic E-state index is 9.32. The first kappa shape index (κ1) is 11.9. The first-order valence-corrected chi connectivity index (χ1v) is 5.16. The van der Waals surface area contributed by atoms with E-state index in [4.69, 9.17) is 9.84 Å². The van der Waals surface area contributed by atoms with Crippen molar-refractivity contribution in [2.75, 3.05) is 33.4 Å². The van der Waals surface area contributed by atoms with Crippen molar-refractivity contribution in [1.82, 2.24) is 4.90 Å². The third-order valence-electron chi connectivity index (χ3n) is 2.91. The van der Waals surface area contributed by atoms with E-state index in [0.717, 1.165) is 25.9 Å². The molecule has 0 aromatic heterocycles. The first-order chi connectivity index (χ1) is 6.59. The summed E-state index contributed by atoms with van der Waals surface area (Å²) in [5, 5.41) is 18.1. The molecule has 1 fully saturated rings. The summed E-state index contributed by atoms with van der Waals surface area (Å²) in [7, 11) is 1.73. The van der Waals surface area contributed by atoms with Crippen molar-refractivity contribution in [3.05, 3.63) is 0 Å². The highest BCUT2D eigenvalue weighted by atomic mass is 16.5. The number of piperidine rings is 1. The Labute approximate surface area is 85.5 Å². The molecule has 14 heavy (non-hydrogen) atoms. The Bertz CT molecular complexity index is 177. The Morgan fingerprint density at radius 3 is 2.86 bits per heavy atom. The number of aliphatic hydroxyl groups excluding tert-OH is 2. The van der Waals surface area contributed by atoms with Crippen molar-refractivity contribution < 1.29 is 14.9 Å². The van der Waals surface area contributed by atoms with E-state index in [1.165, 1.54) is 0 Å². The van der Waals surface area contributed by atoms with Crippen molar-refractivity contribution in [1.29, 1.82) is 0 Å². The summed E-state index contributed by atoms with van der Waals surface area (Å²) < 4.78 is 5.44. The SMILES string of the molecule is COC1(C)CCCN(CC(O)CO)C1. The summed E-state index contributed by atoms with van der Waals surface area (Å²) >= 11 is 0. The number of aliphatic hydroxyl groups is 2. The van der Waals surface area contributed by atoms with Crippen molar-refractivity contribution in [2.24, 2.45) is 0 Å². The lowest BCUT2D eigenvalue weighted by molar-refractivity contribution is -0.0615. The minimum Gasteiger partial charge on any atom is -0.394 e. The Kier molecular flexibility index (Phi) is 4.31. The highest BCUT2D eigenvalue weighted by Crippen LogP contribution is 2.23. The number of rotatable bonds is 4. The average molecular weight is 203 g/mol. The minimum absolute atomic E-state index is 0.0899. The summed E-state index contributed by atoms with van der Waals surface area (Å²) in [5.41, 5.74) is -0.0899. The number of hydrogen-bond acceptors (Lipinski definition) is 4. The van der Waals surface area contributed by atoms with Gasteiger partial charge in [0.25, 0.3) is 0 Å². The molecule has 0 amide bonds. The van der Waals surface area contributed by atoms with Crippen LogP contribution in [0.25, 0.3) is 0 Å². The molecule has 2 atom stereocenters. The van der Waals surface area contributed by atoms with E-state index in [1.54, 1.807) is 7.11 Å².